The summed E-state index contributed by atoms with van der Waals surface area (Å²) in [7, 11) is 0. The number of hydrogen-bond acceptors (Lipinski definition) is 11. The van der Waals surface area contributed by atoms with Crippen LogP contribution in [0.4, 0.5) is 0 Å². The summed E-state index contributed by atoms with van der Waals surface area (Å²) in [5, 5.41) is 9.96. The Kier molecular flexibility index (Phi) is 18.2. The maximum atomic E-state index is 14.7. The van der Waals surface area contributed by atoms with Crippen molar-refractivity contribution in [2.45, 2.75) is 109 Å². The number of amides is 7. The lowest BCUT2D eigenvalue weighted by Crippen LogP contribution is -2.56. The van der Waals surface area contributed by atoms with Gasteiger partial charge < -0.3 is 47.1 Å². The minimum absolute atomic E-state index is 0.0131. The van der Waals surface area contributed by atoms with Crippen molar-refractivity contribution in [3.05, 3.63) is 107 Å². The second-order valence-corrected chi connectivity index (χ2v) is 16.3. The van der Waals surface area contributed by atoms with Crippen LogP contribution in [0.1, 0.15) is 104 Å². The molecule has 0 bridgehead atoms. The number of likely N-dealkylation sites (tertiary alicyclic amines) is 1. The van der Waals surface area contributed by atoms with Crippen LogP contribution in [0.2, 0.25) is 0 Å². The lowest BCUT2D eigenvalue weighted by molar-refractivity contribution is -0.155. The van der Waals surface area contributed by atoms with E-state index in [1.54, 1.807) is 58.0 Å². The number of nitrogens with zero attached hydrogens (tertiary/aromatic N) is 1. The van der Waals surface area contributed by atoms with Crippen LogP contribution in [0.3, 0.4) is 0 Å². The van der Waals surface area contributed by atoms with Crippen molar-refractivity contribution in [1.82, 2.24) is 26.2 Å². The zero-order valence-corrected chi connectivity index (χ0v) is 36.4. The van der Waals surface area contributed by atoms with E-state index in [0.29, 0.717) is 12.0 Å². The third kappa shape index (κ3) is 14.9. The Hall–Kier alpha value is -6.95. The van der Waals surface area contributed by atoms with Gasteiger partial charge in [0.1, 0.15) is 23.7 Å². The second-order valence-electron chi connectivity index (χ2n) is 16.3. The van der Waals surface area contributed by atoms with E-state index in [9.17, 15) is 43.2 Å². The van der Waals surface area contributed by atoms with E-state index in [1.807, 2.05) is 30.3 Å². The van der Waals surface area contributed by atoms with E-state index < -0.39 is 95.5 Å². The average molecular weight is 884 g/mol. The number of primary amides is 2. The Balaban J connectivity index is 1.55. The number of nitrogens with two attached hydrogens (primary N) is 2. The lowest BCUT2D eigenvalue weighted by atomic mass is 10.0. The predicted octanol–water partition coefficient (Wildman–Crippen LogP) is 1.90. The van der Waals surface area contributed by atoms with E-state index in [1.165, 1.54) is 29.2 Å². The van der Waals surface area contributed by atoms with E-state index in [2.05, 4.69) is 21.3 Å². The number of carbonyl (C=O) groups excluding carboxylic acids is 9. The van der Waals surface area contributed by atoms with E-state index in [4.69, 9.17) is 20.9 Å². The number of Topliss-reactive ketones (excluding diaryl/α,β-unsaturated/α-hetero) is 1. The van der Waals surface area contributed by atoms with Gasteiger partial charge in [0.15, 0.2) is 0 Å². The normalized spacial score (nSPS) is 16.0. The first-order valence-electron chi connectivity index (χ1n) is 21.0. The van der Waals surface area contributed by atoms with Crippen LogP contribution in [0.5, 0.6) is 0 Å². The zero-order chi connectivity index (χ0) is 47.0. The maximum absolute atomic E-state index is 14.7. The molecule has 5 atom stereocenters. The summed E-state index contributed by atoms with van der Waals surface area (Å²) < 4.78 is 11.6. The number of carbonyl (C=O) groups is 9. The topological polar surface area (TPSA) is 275 Å². The highest BCUT2D eigenvalue weighted by atomic mass is 16.6. The van der Waals surface area contributed by atoms with Crippen molar-refractivity contribution in [3.8, 4) is 0 Å². The molecule has 3 aromatic carbocycles. The van der Waals surface area contributed by atoms with Crippen molar-refractivity contribution in [2.75, 3.05) is 13.1 Å². The molecule has 1 fully saturated rings. The summed E-state index contributed by atoms with van der Waals surface area (Å²) in [5.41, 5.74) is 11.3. The van der Waals surface area contributed by atoms with Gasteiger partial charge >= 0.3 is 5.97 Å². The molecular weight excluding hydrogens is 827 g/mol. The van der Waals surface area contributed by atoms with Crippen LogP contribution in [-0.2, 0) is 49.6 Å². The largest absolute Gasteiger partial charge is 0.460 e. The third-order valence-corrected chi connectivity index (χ3v) is 10.1. The molecule has 0 aromatic heterocycles. The minimum atomic E-state index is -1.38. The van der Waals surface area contributed by atoms with Gasteiger partial charge in [0.2, 0.25) is 35.3 Å². The molecule has 0 aliphatic carbocycles. The predicted molar refractivity (Wildman–Crippen MR) is 232 cm³/mol. The molecule has 1 saturated heterocycles. The van der Waals surface area contributed by atoms with Crippen molar-refractivity contribution in [1.29, 1.82) is 0 Å². The van der Waals surface area contributed by atoms with Gasteiger partial charge in [-0.25, -0.2) is 0 Å². The maximum Gasteiger partial charge on any atom is 0.306 e. The molecule has 18 heteroatoms. The van der Waals surface area contributed by atoms with Crippen molar-refractivity contribution >= 4 is 53.1 Å². The van der Waals surface area contributed by atoms with Crippen molar-refractivity contribution in [3.63, 3.8) is 0 Å². The summed E-state index contributed by atoms with van der Waals surface area (Å²) in [5.74, 6) is -7.62. The van der Waals surface area contributed by atoms with Crippen LogP contribution in [0.15, 0.2) is 84.9 Å². The molecule has 18 nitrogen and oxygen atoms in total. The Bertz CT molecular complexity index is 2160. The van der Waals surface area contributed by atoms with Crippen molar-refractivity contribution < 1.29 is 52.6 Å². The van der Waals surface area contributed by atoms with Crippen LogP contribution < -0.4 is 32.7 Å². The molecule has 0 radical (unpaired) electrons. The number of ketones is 1. The van der Waals surface area contributed by atoms with Gasteiger partial charge in [0, 0.05) is 19.4 Å². The first kappa shape index (κ1) is 49.7. The molecule has 4 rings (SSSR count). The smallest absolute Gasteiger partial charge is 0.306 e. The Morgan fingerprint density at radius 1 is 0.781 bits per heavy atom. The van der Waals surface area contributed by atoms with E-state index in [0.717, 1.165) is 5.56 Å². The molecule has 1 aliphatic heterocycles. The number of hydrogen-bond donors (Lipinski definition) is 6. The molecule has 1 heterocycles. The summed E-state index contributed by atoms with van der Waals surface area (Å²) in [6, 6.07) is 18.0. The molecule has 0 saturated carbocycles. The lowest BCUT2D eigenvalue weighted by Gasteiger charge is -2.30. The van der Waals surface area contributed by atoms with E-state index >= 15 is 0 Å². The molecule has 64 heavy (non-hydrogen) atoms. The standard InChI is InChI=1S/C46H57N7O11/c1-5-15-33(39(56)44(61)49-25-36(54)52-38(41(48)58)29-18-10-7-11-19-29)50-43(60)35-24-30(63-27-28-16-8-6-9-17-28)26-53(35)45(62)34(22-14-23-37(55)64-46(2,3)4)51-42(59)32-21-13-12-20-31(32)40(47)57/h6-13,16-21,30,33-35,38H,5,14-15,22-27H2,1-4H3,(H2,47,57)(H2,48,58)(H,49,61)(H,50,60)(H,51,59)(H,52,54). The third-order valence-electron chi connectivity index (χ3n) is 10.1. The SMILES string of the molecule is CCCC(NC(=O)C1CC(OCc2ccccc2)CN1C(=O)C(CCCC(=O)OC(C)(C)C)NC(=O)c1ccccc1C(N)=O)C(=O)C(=O)NCC(=O)NC(C(N)=O)c1ccccc1. The first-order valence-corrected chi connectivity index (χ1v) is 21.0. The summed E-state index contributed by atoms with van der Waals surface area (Å²) >= 11 is 0. The zero-order valence-electron chi connectivity index (χ0n) is 36.4. The van der Waals surface area contributed by atoms with Crippen LogP contribution >= 0.6 is 0 Å². The quantitative estimate of drug-likeness (QED) is 0.0626. The Morgan fingerprint density at radius 2 is 1.41 bits per heavy atom. The summed E-state index contributed by atoms with van der Waals surface area (Å²) in [6.07, 6.45) is -0.484. The molecule has 0 spiro atoms. The summed E-state index contributed by atoms with van der Waals surface area (Å²) in [4.78, 5) is 120. The highest BCUT2D eigenvalue weighted by molar-refractivity contribution is 6.38. The second kappa shape index (κ2) is 23.5. The minimum Gasteiger partial charge on any atom is -0.460 e. The fraction of sp³-hybridized carbons (Fsp3) is 0.413. The molecular formula is C46H57N7O11. The molecule has 3 aromatic rings. The van der Waals surface area contributed by atoms with Gasteiger partial charge in [-0.3, -0.25) is 43.2 Å². The van der Waals surface area contributed by atoms with Crippen molar-refractivity contribution in [2.24, 2.45) is 11.5 Å². The number of ether oxygens (including phenoxy) is 2. The highest BCUT2D eigenvalue weighted by Gasteiger charge is 2.44. The van der Waals surface area contributed by atoms with Gasteiger partial charge in [-0.15, -0.1) is 0 Å². The molecule has 1 aliphatic rings. The van der Waals surface area contributed by atoms with Gasteiger partial charge in [-0.1, -0.05) is 86.1 Å². The number of nitrogens with one attached hydrogen (secondary N) is 4. The fourth-order valence-electron chi connectivity index (χ4n) is 7.04. The molecule has 342 valence electrons. The van der Waals surface area contributed by atoms with Crippen LogP contribution in [0.25, 0.3) is 0 Å². The van der Waals surface area contributed by atoms with Crippen LogP contribution in [0, 0.1) is 0 Å². The average Bonchev–Trinajstić information content (AvgIpc) is 3.70. The van der Waals surface area contributed by atoms with Gasteiger partial charge in [0.05, 0.1) is 36.4 Å². The monoisotopic (exact) mass is 883 g/mol. The number of rotatable bonds is 22. The summed E-state index contributed by atoms with van der Waals surface area (Å²) in [6.45, 7) is 6.19. The van der Waals surface area contributed by atoms with E-state index in [-0.39, 0.29) is 56.4 Å². The first-order chi connectivity index (χ1) is 30.4. The fourth-order valence-corrected chi connectivity index (χ4v) is 7.04. The molecule has 5 unspecified atom stereocenters. The molecule has 8 N–H and O–H groups in total. The number of esters is 1. The molecule has 7 amide bonds. The Labute approximate surface area is 371 Å². The van der Waals surface area contributed by atoms with Gasteiger partial charge in [-0.05, 0) is 63.3 Å². The highest BCUT2D eigenvalue weighted by Crippen LogP contribution is 2.25. The Morgan fingerprint density at radius 3 is 2.02 bits per heavy atom. The van der Waals surface area contributed by atoms with Gasteiger partial charge in [0.25, 0.3) is 11.8 Å². The van der Waals surface area contributed by atoms with Crippen LogP contribution in [-0.4, -0.2) is 101 Å². The number of benzene rings is 3. The van der Waals surface area contributed by atoms with Gasteiger partial charge in [-0.2, -0.15) is 0 Å².